The number of halogens is 2. The lowest BCUT2D eigenvalue weighted by molar-refractivity contribution is -0.338. The number of fused-ring (bicyclic) bond motifs is 1. The van der Waals surface area contributed by atoms with E-state index in [1.807, 2.05) is 0 Å². The summed E-state index contributed by atoms with van der Waals surface area (Å²) in [5.74, 6) is 0.0340. The largest absolute Gasteiger partial charge is 0.790 e. The molecule has 21 heteroatoms. The molecule has 3 N–H and O–H groups in total. The van der Waals surface area contributed by atoms with Gasteiger partial charge in [0.1, 0.15) is 24.2 Å². The molecule has 2 unspecified atom stereocenters. The van der Waals surface area contributed by atoms with E-state index in [-0.39, 0.29) is 23.4 Å². The first-order valence-corrected chi connectivity index (χ1v) is 12.7. The second-order valence-corrected chi connectivity index (χ2v) is 11.6. The average molecular weight is 521 g/mol. The number of phosphoric acid groups is 1. The third-order valence-electron chi connectivity index (χ3n) is 4.18. The van der Waals surface area contributed by atoms with Crippen molar-refractivity contribution in [2.75, 3.05) is 12.3 Å². The highest BCUT2D eigenvalue weighted by Gasteiger charge is 2.54. The Morgan fingerprint density at radius 3 is 2.50 bits per heavy atom. The van der Waals surface area contributed by atoms with Gasteiger partial charge in [-0.2, -0.15) is 8.78 Å². The van der Waals surface area contributed by atoms with Crippen molar-refractivity contribution >= 4 is 40.0 Å². The van der Waals surface area contributed by atoms with Gasteiger partial charge in [0.2, 0.25) is 15.2 Å². The van der Waals surface area contributed by atoms with Gasteiger partial charge in [0.15, 0.2) is 11.5 Å². The Balaban J connectivity index is 1.72. The predicted octanol–water partition coefficient (Wildman–Crippen LogP) is -2.42. The number of aliphatic hydroxyl groups excluding tert-OH is 1. The second kappa shape index (κ2) is 8.42. The van der Waals surface area contributed by atoms with Crippen molar-refractivity contribution in [3.05, 3.63) is 12.7 Å². The second-order valence-electron chi connectivity index (χ2n) is 6.34. The molecule has 16 nitrogen and oxygen atoms in total. The maximum Gasteiger partial charge on any atom is 0.368 e. The molecule has 2 aromatic heterocycles. The molecule has 3 heterocycles. The van der Waals surface area contributed by atoms with Gasteiger partial charge in [-0.05, 0) is 0 Å². The monoisotopic (exact) mass is 521 g/mol. The van der Waals surface area contributed by atoms with Crippen molar-refractivity contribution in [3.63, 3.8) is 0 Å². The Labute approximate surface area is 176 Å². The molecular formula is C11H12F2N5O11P3-4. The first-order chi connectivity index (χ1) is 14.6. The molecule has 5 atom stereocenters. The van der Waals surface area contributed by atoms with Gasteiger partial charge < -0.3 is 57.7 Å². The van der Waals surface area contributed by atoms with E-state index in [2.05, 4.69) is 23.8 Å². The minimum atomic E-state index is -7.11. The van der Waals surface area contributed by atoms with Gasteiger partial charge in [-0.1, -0.05) is 0 Å². The molecule has 1 aliphatic heterocycles. The third-order valence-corrected chi connectivity index (χ3v) is 9.11. The molecule has 3 rings (SSSR count). The van der Waals surface area contributed by atoms with Gasteiger partial charge >= 0.3 is 5.40 Å². The van der Waals surface area contributed by atoms with Gasteiger partial charge in [0.05, 0.1) is 26.9 Å². The van der Waals surface area contributed by atoms with Crippen molar-refractivity contribution in [3.8, 4) is 0 Å². The number of nitrogens with two attached hydrogens (primary N) is 1. The zero-order valence-corrected chi connectivity index (χ0v) is 18.0. The fourth-order valence-corrected chi connectivity index (χ4v) is 6.34. The minimum Gasteiger partial charge on any atom is -0.790 e. The standard InChI is InChI=1S/C11H16F2N5O11P3/c12-11(13,31(22,23)29-32(24,25)26)30(20,21)27-2-6-5(19)1-7(28-6)18-4-17-8-9(14)15-3-16-10(8)18/h3-7,19H,1-2H2,(H,20,21)(H,22,23)(H2,14,15,16)(H2,24,25,26)/p-4/t5-,6+,7+/m0/s1. The molecule has 0 radical (unpaired) electrons. The van der Waals surface area contributed by atoms with Crippen LogP contribution in [0, 0.1) is 0 Å². The number of aromatic nitrogens is 4. The van der Waals surface area contributed by atoms with Crippen LogP contribution in [0.2, 0.25) is 0 Å². The van der Waals surface area contributed by atoms with Crippen molar-refractivity contribution in [1.82, 2.24) is 19.5 Å². The summed E-state index contributed by atoms with van der Waals surface area (Å²) in [6.07, 6.45) is -1.91. The summed E-state index contributed by atoms with van der Waals surface area (Å²) in [6.45, 7) is -1.29. The van der Waals surface area contributed by atoms with Gasteiger partial charge in [-0.15, -0.1) is 0 Å². The van der Waals surface area contributed by atoms with E-state index in [1.54, 1.807) is 0 Å². The summed E-state index contributed by atoms with van der Waals surface area (Å²) >= 11 is 0. The van der Waals surface area contributed by atoms with Crippen molar-refractivity contribution in [2.24, 2.45) is 0 Å². The van der Waals surface area contributed by atoms with Crippen LogP contribution in [0.25, 0.3) is 11.2 Å². The van der Waals surface area contributed by atoms with E-state index in [1.165, 1.54) is 10.9 Å². The number of aliphatic hydroxyl groups is 1. The lowest BCUT2D eigenvalue weighted by Gasteiger charge is -2.43. The first kappa shape index (κ1) is 25.2. The Morgan fingerprint density at radius 1 is 1.22 bits per heavy atom. The molecule has 0 aromatic carbocycles. The highest BCUT2D eigenvalue weighted by molar-refractivity contribution is 7.74. The van der Waals surface area contributed by atoms with Gasteiger partial charge in [0, 0.05) is 6.42 Å². The molecule has 0 bridgehead atoms. The summed E-state index contributed by atoms with van der Waals surface area (Å²) in [4.78, 5) is 55.2. The lowest BCUT2D eigenvalue weighted by atomic mass is 10.2. The van der Waals surface area contributed by atoms with Crippen LogP contribution in [0.5, 0.6) is 0 Å². The minimum absolute atomic E-state index is 0.0340. The first-order valence-electron chi connectivity index (χ1n) is 8.20. The van der Waals surface area contributed by atoms with Crippen LogP contribution >= 0.6 is 23.0 Å². The Hall–Kier alpha value is -1.42. The highest BCUT2D eigenvalue weighted by atomic mass is 31.3. The normalized spacial score (nSPS) is 26.2. The molecule has 32 heavy (non-hydrogen) atoms. The molecule has 0 amide bonds. The van der Waals surface area contributed by atoms with Crippen LogP contribution in [0.1, 0.15) is 12.6 Å². The zero-order valence-electron chi connectivity index (χ0n) is 15.3. The van der Waals surface area contributed by atoms with Gasteiger partial charge in [-0.3, -0.25) is 4.57 Å². The summed E-state index contributed by atoms with van der Waals surface area (Å²) < 4.78 is 74.3. The van der Waals surface area contributed by atoms with Crippen molar-refractivity contribution in [1.29, 1.82) is 0 Å². The molecule has 1 fully saturated rings. The predicted molar refractivity (Wildman–Crippen MR) is 89.1 cm³/mol. The molecule has 2 aromatic rings. The van der Waals surface area contributed by atoms with Crippen molar-refractivity contribution in [2.45, 2.75) is 30.3 Å². The number of imidazole rings is 1. The maximum absolute atomic E-state index is 13.9. The SMILES string of the molecule is Nc1ncnc2c1ncn2[C@H]1C[C@H](O)[C@@H](COP(=O)([O-])C(F)(F)P(=O)([O-])OP(=O)([O-])[O-])O1. The van der Waals surface area contributed by atoms with Crippen LogP contribution in [-0.4, -0.2) is 48.8 Å². The number of anilines is 1. The maximum atomic E-state index is 13.9. The van der Waals surface area contributed by atoms with E-state index in [9.17, 15) is 47.2 Å². The van der Waals surface area contributed by atoms with Crippen molar-refractivity contribution < 1.29 is 60.7 Å². The number of hydrogen-bond donors (Lipinski definition) is 2. The fraction of sp³-hybridized carbons (Fsp3) is 0.545. The Bertz CT molecular complexity index is 1160. The van der Waals surface area contributed by atoms with Crippen LogP contribution in [0.4, 0.5) is 14.6 Å². The number of hydrogen-bond acceptors (Lipinski definition) is 15. The molecule has 180 valence electrons. The highest BCUT2D eigenvalue weighted by Crippen LogP contribution is 2.74. The smallest absolute Gasteiger partial charge is 0.368 e. The van der Waals surface area contributed by atoms with E-state index in [0.717, 1.165) is 6.33 Å². The number of alkyl halides is 2. The van der Waals surface area contributed by atoms with E-state index in [4.69, 9.17) is 10.5 Å². The van der Waals surface area contributed by atoms with Crippen LogP contribution in [0.3, 0.4) is 0 Å². The van der Waals surface area contributed by atoms with E-state index < -0.39 is 53.5 Å². The van der Waals surface area contributed by atoms with E-state index in [0.29, 0.717) is 0 Å². The fourth-order valence-electron chi connectivity index (χ4n) is 2.70. The summed E-state index contributed by atoms with van der Waals surface area (Å²) in [7, 11) is -20.4. The molecule has 1 aliphatic rings. The number of nitrogens with zero attached hydrogens (tertiary/aromatic N) is 4. The average Bonchev–Trinajstić information content (AvgIpc) is 3.22. The lowest BCUT2D eigenvalue weighted by Crippen LogP contribution is -2.35. The Kier molecular flexibility index (Phi) is 6.63. The summed E-state index contributed by atoms with van der Waals surface area (Å²) in [6, 6.07) is 0. The summed E-state index contributed by atoms with van der Waals surface area (Å²) in [5.41, 5.74) is 6.01. The van der Waals surface area contributed by atoms with Crippen LogP contribution < -0.4 is 25.3 Å². The molecule has 0 aliphatic carbocycles. The third kappa shape index (κ3) is 4.76. The van der Waals surface area contributed by atoms with Gasteiger partial charge in [0.25, 0.3) is 0 Å². The van der Waals surface area contributed by atoms with Crippen LogP contribution in [-0.2, 0) is 27.3 Å². The number of nitrogen functional groups attached to an aromatic ring is 1. The molecule has 1 saturated heterocycles. The number of ether oxygens (including phenoxy) is 1. The summed E-state index contributed by atoms with van der Waals surface area (Å²) in [5, 5.41) is 4.15. The Morgan fingerprint density at radius 2 is 1.88 bits per heavy atom. The molecular weight excluding hydrogens is 509 g/mol. The zero-order chi connectivity index (χ0) is 24.1. The van der Waals surface area contributed by atoms with Crippen LogP contribution in [0.15, 0.2) is 12.7 Å². The quantitative estimate of drug-likeness (QED) is 0.342. The number of rotatable bonds is 8. The van der Waals surface area contributed by atoms with Gasteiger partial charge in [-0.25, -0.2) is 15.0 Å². The molecule has 0 spiro atoms. The van der Waals surface area contributed by atoms with E-state index >= 15 is 0 Å². The topological polar surface area (TPSA) is 261 Å². The molecule has 0 saturated carbocycles.